The number of anilines is 1. The Kier molecular flexibility index (Phi) is 3.68. The van der Waals surface area contributed by atoms with Crippen LogP contribution in [0.15, 0.2) is 34.7 Å². The molecule has 1 aliphatic heterocycles. The monoisotopic (exact) mass is 309 g/mol. The Morgan fingerprint density at radius 2 is 1.82 bits per heavy atom. The molecule has 0 bridgehead atoms. The van der Waals surface area contributed by atoms with Crippen molar-refractivity contribution in [3.63, 3.8) is 0 Å². The molecule has 1 aliphatic rings. The number of carbonyl (C=O) groups excluding carboxylic acids is 1. The number of hydrogen-bond donors (Lipinski definition) is 0. The summed E-state index contributed by atoms with van der Waals surface area (Å²) in [5, 5.41) is 0. The Balaban J connectivity index is 2.11. The minimum Gasteiger partial charge on any atom is -0.453 e. The highest BCUT2D eigenvalue weighted by molar-refractivity contribution is 5.79. The molecule has 0 aliphatic carbocycles. The van der Waals surface area contributed by atoms with Crippen molar-refractivity contribution in [2.75, 3.05) is 18.0 Å². The Bertz CT molecular complexity index is 685. The van der Waals surface area contributed by atoms with Crippen LogP contribution >= 0.6 is 0 Å². The van der Waals surface area contributed by atoms with Crippen LogP contribution in [0.1, 0.15) is 29.0 Å². The molecule has 1 saturated heterocycles. The number of hydrogen-bond acceptors (Lipinski definition) is 3. The number of rotatable bonds is 3. The molecule has 116 valence electrons. The van der Waals surface area contributed by atoms with Gasteiger partial charge in [0.1, 0.15) is 5.76 Å². The lowest BCUT2D eigenvalue weighted by atomic mass is 10.0. The van der Waals surface area contributed by atoms with Gasteiger partial charge < -0.3 is 9.32 Å². The van der Waals surface area contributed by atoms with Crippen LogP contribution in [0, 0.1) is 0 Å². The average molecular weight is 309 g/mol. The molecule has 22 heavy (non-hydrogen) atoms. The molecule has 3 nitrogen and oxygen atoms in total. The third kappa shape index (κ3) is 2.73. The van der Waals surface area contributed by atoms with Crippen LogP contribution < -0.4 is 4.90 Å². The van der Waals surface area contributed by atoms with Crippen molar-refractivity contribution in [1.29, 1.82) is 0 Å². The van der Waals surface area contributed by atoms with Gasteiger partial charge in [-0.2, -0.15) is 13.2 Å². The van der Waals surface area contributed by atoms with Crippen LogP contribution in [0.25, 0.3) is 11.3 Å². The van der Waals surface area contributed by atoms with Crippen molar-refractivity contribution in [3.8, 4) is 11.3 Å². The molecule has 1 aromatic carbocycles. The minimum absolute atomic E-state index is 0.0970. The average Bonchev–Trinajstić information content (AvgIpc) is 3.17. The second-order valence-corrected chi connectivity index (χ2v) is 5.24. The summed E-state index contributed by atoms with van der Waals surface area (Å²) in [7, 11) is 0. The lowest BCUT2D eigenvalue weighted by Gasteiger charge is -2.21. The molecule has 0 spiro atoms. The van der Waals surface area contributed by atoms with E-state index in [0.29, 0.717) is 17.5 Å². The van der Waals surface area contributed by atoms with E-state index in [9.17, 15) is 18.0 Å². The van der Waals surface area contributed by atoms with Gasteiger partial charge in [0.15, 0.2) is 12.0 Å². The quantitative estimate of drug-likeness (QED) is 0.789. The van der Waals surface area contributed by atoms with Crippen molar-refractivity contribution >= 4 is 12.0 Å². The number of alkyl halides is 3. The standard InChI is InChI=1S/C16H14F3NO2/c17-16(18,19)11-3-5-14(20-7-1-2-8-20)13(9-11)15-6-4-12(10-21)22-15/h3-6,9-10H,1-2,7-8H2. The zero-order valence-corrected chi connectivity index (χ0v) is 11.7. The van der Waals surface area contributed by atoms with Gasteiger partial charge in [0, 0.05) is 24.3 Å². The van der Waals surface area contributed by atoms with Gasteiger partial charge in [-0.05, 0) is 43.2 Å². The largest absolute Gasteiger partial charge is 0.453 e. The summed E-state index contributed by atoms with van der Waals surface area (Å²) >= 11 is 0. The van der Waals surface area contributed by atoms with E-state index in [1.165, 1.54) is 18.2 Å². The van der Waals surface area contributed by atoms with E-state index < -0.39 is 11.7 Å². The predicted molar refractivity (Wildman–Crippen MR) is 76.0 cm³/mol. The fourth-order valence-corrected chi connectivity index (χ4v) is 2.70. The summed E-state index contributed by atoms with van der Waals surface area (Å²) < 4.78 is 44.2. The summed E-state index contributed by atoms with van der Waals surface area (Å²) in [4.78, 5) is 12.8. The van der Waals surface area contributed by atoms with Gasteiger partial charge in [0.05, 0.1) is 5.56 Å². The summed E-state index contributed by atoms with van der Waals surface area (Å²) in [5.74, 6) is 0.370. The van der Waals surface area contributed by atoms with Crippen LogP contribution in [-0.2, 0) is 6.18 Å². The third-order valence-corrected chi connectivity index (χ3v) is 3.78. The van der Waals surface area contributed by atoms with Gasteiger partial charge in [0.2, 0.25) is 0 Å². The number of nitrogens with zero attached hydrogens (tertiary/aromatic N) is 1. The van der Waals surface area contributed by atoms with Crippen molar-refractivity contribution in [2.24, 2.45) is 0 Å². The Morgan fingerprint density at radius 1 is 1.09 bits per heavy atom. The molecular formula is C16H14F3NO2. The second kappa shape index (κ2) is 5.51. The molecule has 6 heteroatoms. The van der Waals surface area contributed by atoms with E-state index in [2.05, 4.69) is 0 Å². The second-order valence-electron chi connectivity index (χ2n) is 5.24. The van der Waals surface area contributed by atoms with E-state index in [1.54, 1.807) is 0 Å². The van der Waals surface area contributed by atoms with E-state index in [0.717, 1.165) is 38.1 Å². The van der Waals surface area contributed by atoms with Crippen LogP contribution in [0.4, 0.5) is 18.9 Å². The maximum Gasteiger partial charge on any atom is 0.416 e. The van der Waals surface area contributed by atoms with Crippen molar-refractivity contribution in [2.45, 2.75) is 19.0 Å². The number of furan rings is 1. The molecule has 0 N–H and O–H groups in total. The number of benzene rings is 1. The molecule has 1 fully saturated rings. The molecule has 0 atom stereocenters. The Hall–Kier alpha value is -2.24. The lowest BCUT2D eigenvalue weighted by molar-refractivity contribution is -0.137. The molecule has 0 unspecified atom stereocenters. The van der Waals surface area contributed by atoms with Crippen molar-refractivity contribution < 1.29 is 22.4 Å². The summed E-state index contributed by atoms with van der Waals surface area (Å²) in [5.41, 5.74) is 0.344. The van der Waals surface area contributed by atoms with E-state index in [4.69, 9.17) is 4.42 Å². The smallest absolute Gasteiger partial charge is 0.416 e. The SMILES string of the molecule is O=Cc1ccc(-c2cc(C(F)(F)F)ccc2N2CCCC2)o1. The normalized spacial score (nSPS) is 15.3. The molecule has 3 rings (SSSR count). The fraction of sp³-hybridized carbons (Fsp3) is 0.312. The van der Waals surface area contributed by atoms with E-state index in [-0.39, 0.29) is 11.5 Å². The Labute approximate surface area is 125 Å². The van der Waals surface area contributed by atoms with Crippen LogP contribution in [0.2, 0.25) is 0 Å². The zero-order chi connectivity index (χ0) is 15.7. The van der Waals surface area contributed by atoms with Crippen LogP contribution in [0.3, 0.4) is 0 Å². The third-order valence-electron chi connectivity index (χ3n) is 3.78. The summed E-state index contributed by atoms with van der Waals surface area (Å²) in [6.45, 7) is 1.61. The van der Waals surface area contributed by atoms with Gasteiger partial charge in [-0.3, -0.25) is 4.79 Å². The van der Waals surface area contributed by atoms with Gasteiger partial charge in [-0.1, -0.05) is 0 Å². The fourth-order valence-electron chi connectivity index (χ4n) is 2.70. The first-order chi connectivity index (χ1) is 10.5. The maximum atomic E-state index is 13.0. The van der Waals surface area contributed by atoms with Crippen LogP contribution in [-0.4, -0.2) is 19.4 Å². The topological polar surface area (TPSA) is 33.5 Å². The molecule has 0 radical (unpaired) electrons. The summed E-state index contributed by atoms with van der Waals surface area (Å²) in [6.07, 6.45) is -1.86. The van der Waals surface area contributed by atoms with Crippen molar-refractivity contribution in [1.82, 2.24) is 0 Å². The first-order valence-corrected chi connectivity index (χ1v) is 7.00. The van der Waals surface area contributed by atoms with Gasteiger partial charge in [-0.25, -0.2) is 0 Å². The minimum atomic E-state index is -4.42. The van der Waals surface area contributed by atoms with Gasteiger partial charge in [-0.15, -0.1) is 0 Å². The van der Waals surface area contributed by atoms with Gasteiger partial charge >= 0.3 is 6.18 Å². The molecule has 0 saturated carbocycles. The van der Waals surface area contributed by atoms with E-state index >= 15 is 0 Å². The highest BCUT2D eigenvalue weighted by Gasteiger charge is 2.32. The van der Waals surface area contributed by atoms with Crippen LogP contribution in [0.5, 0.6) is 0 Å². The molecular weight excluding hydrogens is 295 g/mol. The summed E-state index contributed by atoms with van der Waals surface area (Å²) in [6, 6.07) is 6.63. The number of aldehydes is 1. The molecule has 1 aromatic heterocycles. The first kappa shape index (κ1) is 14.7. The predicted octanol–water partition coefficient (Wildman–Crippen LogP) is 4.38. The highest BCUT2D eigenvalue weighted by atomic mass is 19.4. The number of carbonyl (C=O) groups is 1. The number of halogens is 3. The first-order valence-electron chi connectivity index (χ1n) is 7.00. The van der Waals surface area contributed by atoms with E-state index in [1.807, 2.05) is 4.90 Å². The Morgan fingerprint density at radius 3 is 2.41 bits per heavy atom. The van der Waals surface area contributed by atoms with Gasteiger partial charge in [0.25, 0.3) is 0 Å². The zero-order valence-electron chi connectivity index (χ0n) is 11.7. The van der Waals surface area contributed by atoms with Crippen molar-refractivity contribution in [3.05, 3.63) is 41.7 Å². The highest BCUT2D eigenvalue weighted by Crippen LogP contribution is 2.39. The maximum absolute atomic E-state index is 13.0. The lowest BCUT2D eigenvalue weighted by Crippen LogP contribution is -2.19. The molecule has 2 aromatic rings. The molecule has 0 amide bonds. The molecule has 2 heterocycles.